The summed E-state index contributed by atoms with van der Waals surface area (Å²) >= 11 is 2.40. The van der Waals surface area contributed by atoms with Crippen LogP contribution in [0.1, 0.15) is 0 Å². The van der Waals surface area contributed by atoms with Crippen LogP contribution < -0.4 is 8.92 Å². The van der Waals surface area contributed by atoms with E-state index in [1.165, 1.54) is 18.7 Å². The Kier molecular flexibility index (Phi) is 2.13. The fraction of sp³-hybridized carbons (Fsp3) is 0. The van der Waals surface area contributed by atoms with Gasteiger partial charge in [-0.25, -0.2) is 0 Å². The van der Waals surface area contributed by atoms with E-state index in [1.54, 1.807) is 0 Å². The number of hydrogen-bond donors (Lipinski definition) is 0. The molecule has 0 amide bonds. The molecule has 0 spiro atoms. The Morgan fingerprint density at radius 1 is 0.714 bits per heavy atom. The second-order valence-electron chi connectivity index (χ2n) is 3.10. The summed E-state index contributed by atoms with van der Waals surface area (Å²) in [7, 11) is 0. The van der Waals surface area contributed by atoms with Crippen molar-refractivity contribution in [2.24, 2.45) is 0 Å². The molecule has 2 aromatic rings. The molecule has 0 saturated heterocycles. The van der Waals surface area contributed by atoms with Gasteiger partial charge in [-0.1, -0.05) is 0 Å². The Labute approximate surface area is 93.9 Å². The second kappa shape index (κ2) is 3.47. The van der Waals surface area contributed by atoms with E-state index in [-0.39, 0.29) is 0 Å². The van der Waals surface area contributed by atoms with Crippen LogP contribution in [-0.2, 0) is 0 Å². The molecule has 3 rings (SSSR count). The van der Waals surface area contributed by atoms with Gasteiger partial charge in [0, 0.05) is 0 Å². The van der Waals surface area contributed by atoms with Gasteiger partial charge in [0.25, 0.3) is 0 Å². The van der Waals surface area contributed by atoms with Gasteiger partial charge in [-0.05, 0) is 0 Å². The van der Waals surface area contributed by atoms with Crippen LogP contribution in [-0.4, -0.2) is 15.0 Å². The van der Waals surface area contributed by atoms with E-state index in [4.69, 9.17) is 0 Å². The van der Waals surface area contributed by atoms with E-state index in [2.05, 4.69) is 48.5 Å². The minimum atomic E-state index is 0.498. The molecule has 0 unspecified atom stereocenters. The summed E-state index contributed by atoms with van der Waals surface area (Å²) in [5, 5.41) is 0. The molecule has 0 fully saturated rings. The number of rotatable bonds is 0. The Balaban J connectivity index is 2.12. The van der Waals surface area contributed by atoms with E-state index in [9.17, 15) is 0 Å². The number of hydrogen-bond acceptors (Lipinski definition) is 1. The minimum absolute atomic E-state index is 0.498. The molecule has 0 radical (unpaired) electrons. The molecule has 14 heavy (non-hydrogen) atoms. The standard InChI is InChI=1S/C12H8SSe/c1-3-7-11-9(5-1)13-10-6-2-4-8-12(10)14-11/h1-8H. The maximum atomic E-state index is 2.25. The van der Waals surface area contributed by atoms with Gasteiger partial charge in [-0.2, -0.15) is 0 Å². The van der Waals surface area contributed by atoms with Crippen LogP contribution >= 0.6 is 11.8 Å². The van der Waals surface area contributed by atoms with Gasteiger partial charge < -0.3 is 0 Å². The Bertz CT molecular complexity index is 392. The second-order valence-corrected chi connectivity index (χ2v) is 6.46. The molecule has 1 aliphatic heterocycles. The van der Waals surface area contributed by atoms with Gasteiger partial charge in [-0.15, -0.1) is 0 Å². The number of fused-ring (bicyclic) bond motifs is 2. The first-order valence-corrected chi connectivity index (χ1v) is 7.00. The van der Waals surface area contributed by atoms with Crippen molar-refractivity contribution in [2.45, 2.75) is 9.79 Å². The predicted molar refractivity (Wildman–Crippen MR) is 62.0 cm³/mol. The molecule has 68 valence electrons. The van der Waals surface area contributed by atoms with Gasteiger partial charge in [-0.3, -0.25) is 0 Å². The topological polar surface area (TPSA) is 0 Å². The average molecular weight is 263 g/mol. The molecular formula is C12H8SSe. The van der Waals surface area contributed by atoms with Crippen LogP contribution in [0, 0.1) is 0 Å². The van der Waals surface area contributed by atoms with E-state index in [1.807, 2.05) is 11.8 Å². The van der Waals surface area contributed by atoms with Crippen molar-refractivity contribution < 1.29 is 0 Å². The van der Waals surface area contributed by atoms with Gasteiger partial charge in [0.1, 0.15) is 0 Å². The zero-order valence-electron chi connectivity index (χ0n) is 7.44. The molecule has 0 aliphatic carbocycles. The summed E-state index contributed by atoms with van der Waals surface area (Å²) in [5.41, 5.74) is 0. The van der Waals surface area contributed by atoms with Crippen LogP contribution in [0.5, 0.6) is 0 Å². The monoisotopic (exact) mass is 264 g/mol. The molecule has 0 atom stereocenters. The van der Waals surface area contributed by atoms with Crippen LogP contribution in [0.4, 0.5) is 0 Å². The first-order chi connectivity index (χ1) is 6.93. The van der Waals surface area contributed by atoms with Gasteiger partial charge in [0.15, 0.2) is 0 Å². The number of benzene rings is 2. The van der Waals surface area contributed by atoms with Crippen molar-refractivity contribution in [1.82, 2.24) is 0 Å². The molecule has 0 bridgehead atoms. The van der Waals surface area contributed by atoms with E-state index in [0.29, 0.717) is 15.0 Å². The van der Waals surface area contributed by atoms with Gasteiger partial charge in [0.05, 0.1) is 0 Å². The summed E-state index contributed by atoms with van der Waals surface area (Å²) in [4.78, 5) is 2.87. The van der Waals surface area contributed by atoms with Crippen molar-refractivity contribution in [3.63, 3.8) is 0 Å². The normalized spacial score (nSPS) is 13.1. The van der Waals surface area contributed by atoms with E-state index < -0.39 is 0 Å². The van der Waals surface area contributed by atoms with Crippen LogP contribution in [0.15, 0.2) is 58.3 Å². The van der Waals surface area contributed by atoms with Crippen molar-refractivity contribution in [3.05, 3.63) is 48.5 Å². The van der Waals surface area contributed by atoms with Crippen molar-refractivity contribution in [2.75, 3.05) is 0 Å². The third kappa shape index (κ3) is 1.40. The average Bonchev–Trinajstić information content (AvgIpc) is 2.26. The van der Waals surface area contributed by atoms with Crippen molar-refractivity contribution in [3.8, 4) is 0 Å². The molecule has 0 aromatic heterocycles. The molecule has 1 heterocycles. The fourth-order valence-corrected chi connectivity index (χ4v) is 5.12. The fourth-order valence-electron chi connectivity index (χ4n) is 1.47. The molecular weight excluding hydrogens is 255 g/mol. The first-order valence-electron chi connectivity index (χ1n) is 4.47. The van der Waals surface area contributed by atoms with E-state index >= 15 is 0 Å². The van der Waals surface area contributed by atoms with Crippen molar-refractivity contribution >= 4 is 35.6 Å². The van der Waals surface area contributed by atoms with E-state index in [0.717, 1.165) is 0 Å². The predicted octanol–water partition coefficient (Wildman–Crippen LogP) is 1.81. The first kappa shape index (κ1) is 8.60. The zero-order valence-corrected chi connectivity index (χ0v) is 9.96. The maximum absolute atomic E-state index is 2.25. The Hall–Kier alpha value is -0.691. The molecule has 2 aromatic carbocycles. The third-order valence-corrected chi connectivity index (χ3v) is 6.29. The van der Waals surface area contributed by atoms with Crippen LogP contribution in [0.3, 0.4) is 0 Å². The molecule has 0 N–H and O–H groups in total. The molecule has 0 saturated carbocycles. The van der Waals surface area contributed by atoms with Crippen LogP contribution in [0.2, 0.25) is 0 Å². The third-order valence-electron chi connectivity index (χ3n) is 2.14. The van der Waals surface area contributed by atoms with Crippen LogP contribution in [0.25, 0.3) is 0 Å². The summed E-state index contributed by atoms with van der Waals surface area (Å²) in [5.74, 6) is 0. The van der Waals surface area contributed by atoms with Gasteiger partial charge in [0.2, 0.25) is 0 Å². The Morgan fingerprint density at radius 2 is 1.21 bits per heavy atom. The summed E-state index contributed by atoms with van der Waals surface area (Å²) in [6, 6.07) is 17.4. The SMILES string of the molecule is c1ccc2c(c1)Sc1ccccc1[Se]2. The van der Waals surface area contributed by atoms with Crippen molar-refractivity contribution in [1.29, 1.82) is 0 Å². The molecule has 0 nitrogen and oxygen atoms in total. The molecule has 1 aliphatic rings. The zero-order chi connectivity index (χ0) is 9.38. The Morgan fingerprint density at radius 3 is 1.79 bits per heavy atom. The summed E-state index contributed by atoms with van der Waals surface area (Å²) in [6.45, 7) is 0. The summed E-state index contributed by atoms with van der Waals surface area (Å²) in [6.07, 6.45) is 0. The summed E-state index contributed by atoms with van der Waals surface area (Å²) < 4.78 is 3.03. The molecule has 2 heteroatoms. The van der Waals surface area contributed by atoms with Gasteiger partial charge >= 0.3 is 94.0 Å². The quantitative estimate of drug-likeness (QED) is 0.557.